The molecule has 1 heterocycles. The van der Waals surface area contributed by atoms with Gasteiger partial charge in [-0.2, -0.15) is 19.7 Å². The second-order valence-corrected chi connectivity index (χ2v) is 4.33. The normalized spacial score (nSPS) is 11.7. The molecule has 0 aliphatic heterocycles. The fraction of sp³-hybridized carbons (Fsp3) is 0. The SMILES string of the molecule is O=P(O)(O)OP(=O)(O)O.c1cn[nH]n1. The van der Waals surface area contributed by atoms with Crippen LogP contribution < -0.4 is 0 Å². The molecule has 0 atom stereocenters. The molecule has 5 N–H and O–H groups in total. The van der Waals surface area contributed by atoms with E-state index in [0.29, 0.717) is 0 Å². The van der Waals surface area contributed by atoms with Crippen LogP contribution in [0.1, 0.15) is 0 Å². The summed E-state index contributed by atoms with van der Waals surface area (Å²) in [4.78, 5) is 31.0. The quantitative estimate of drug-likeness (QED) is 0.411. The summed E-state index contributed by atoms with van der Waals surface area (Å²) in [6, 6.07) is 0. The van der Waals surface area contributed by atoms with E-state index >= 15 is 0 Å². The van der Waals surface area contributed by atoms with Gasteiger partial charge in [0, 0.05) is 0 Å². The predicted octanol–water partition coefficient (Wildman–Crippen LogP) is -1.01. The number of rotatable bonds is 2. The Morgan fingerprint density at radius 1 is 1.00 bits per heavy atom. The molecule has 0 saturated heterocycles. The maximum atomic E-state index is 9.63. The summed E-state index contributed by atoms with van der Waals surface area (Å²) in [5.74, 6) is 0. The number of aromatic amines is 1. The minimum atomic E-state index is -5.05. The van der Waals surface area contributed by atoms with Crippen molar-refractivity contribution in [2.75, 3.05) is 0 Å². The molecular formula is C2H7N3O7P2. The summed E-state index contributed by atoms with van der Waals surface area (Å²) < 4.78 is 22.2. The van der Waals surface area contributed by atoms with Crippen molar-refractivity contribution in [2.24, 2.45) is 0 Å². The maximum Gasteiger partial charge on any atom is 0.478 e. The molecule has 12 heteroatoms. The van der Waals surface area contributed by atoms with Gasteiger partial charge in [-0.1, -0.05) is 0 Å². The van der Waals surface area contributed by atoms with Gasteiger partial charge >= 0.3 is 15.6 Å². The second-order valence-electron chi connectivity index (χ2n) is 1.72. The fourth-order valence-corrected chi connectivity index (χ4v) is 1.41. The lowest BCUT2D eigenvalue weighted by Gasteiger charge is -2.03. The zero-order chi connectivity index (χ0) is 11.2. The van der Waals surface area contributed by atoms with Crippen LogP contribution in [-0.2, 0) is 13.4 Å². The van der Waals surface area contributed by atoms with Crippen molar-refractivity contribution in [1.29, 1.82) is 0 Å². The zero-order valence-corrected chi connectivity index (χ0v) is 8.25. The highest BCUT2D eigenvalue weighted by Crippen LogP contribution is 2.53. The van der Waals surface area contributed by atoms with E-state index in [0.717, 1.165) is 0 Å². The molecule has 0 radical (unpaired) electrons. The van der Waals surface area contributed by atoms with Gasteiger partial charge in [-0.3, -0.25) is 0 Å². The number of hydrogen-bond donors (Lipinski definition) is 5. The van der Waals surface area contributed by atoms with Crippen LogP contribution >= 0.6 is 15.6 Å². The highest BCUT2D eigenvalue weighted by molar-refractivity contribution is 7.60. The molecule has 0 aliphatic carbocycles. The molecule has 0 fully saturated rings. The standard InChI is InChI=1S/C2H3N3.H4O7P2/c1-2-4-5-3-1;1-8(2,3)7-9(4,5)6/h1-2H,(H,3,4,5);(H2,1,2,3)(H2,4,5,6). The zero-order valence-electron chi connectivity index (χ0n) is 6.46. The van der Waals surface area contributed by atoms with Gasteiger partial charge in [-0.15, -0.1) is 0 Å². The van der Waals surface area contributed by atoms with Crippen molar-refractivity contribution < 1.29 is 33.0 Å². The van der Waals surface area contributed by atoms with Crippen LogP contribution in [0, 0.1) is 0 Å². The van der Waals surface area contributed by atoms with Crippen LogP contribution in [0.4, 0.5) is 0 Å². The van der Waals surface area contributed by atoms with E-state index in [4.69, 9.17) is 19.6 Å². The average Bonchev–Trinajstić information content (AvgIpc) is 2.29. The van der Waals surface area contributed by atoms with E-state index in [2.05, 4.69) is 19.7 Å². The van der Waals surface area contributed by atoms with Gasteiger partial charge in [0.25, 0.3) is 0 Å². The minimum absolute atomic E-state index is 1.58. The van der Waals surface area contributed by atoms with Crippen molar-refractivity contribution in [3.63, 3.8) is 0 Å². The highest BCUT2D eigenvalue weighted by Gasteiger charge is 2.27. The Bertz CT molecular complexity index is 287. The Morgan fingerprint density at radius 3 is 1.43 bits per heavy atom. The lowest BCUT2D eigenvalue weighted by molar-refractivity contribution is 0.225. The number of aromatic nitrogens is 3. The van der Waals surface area contributed by atoms with Crippen LogP contribution in [0.2, 0.25) is 0 Å². The number of nitrogens with one attached hydrogen (secondary N) is 1. The Balaban J connectivity index is 0.000000280. The fourth-order valence-electron chi connectivity index (χ4n) is 0.305. The molecule has 0 unspecified atom stereocenters. The number of H-pyrrole nitrogens is 1. The number of nitrogens with zero attached hydrogens (tertiary/aromatic N) is 2. The molecule has 14 heavy (non-hydrogen) atoms. The third-order valence-electron chi connectivity index (χ3n) is 0.544. The smallest absolute Gasteiger partial charge is 0.302 e. The Morgan fingerprint density at radius 2 is 1.36 bits per heavy atom. The predicted molar refractivity (Wildman–Crippen MR) is 41.6 cm³/mol. The molecule has 0 saturated carbocycles. The van der Waals surface area contributed by atoms with Gasteiger partial charge in [0.05, 0.1) is 12.4 Å². The van der Waals surface area contributed by atoms with Crippen LogP contribution in [-0.4, -0.2) is 35.0 Å². The van der Waals surface area contributed by atoms with Crippen molar-refractivity contribution in [3.05, 3.63) is 12.4 Å². The van der Waals surface area contributed by atoms with E-state index in [1.54, 1.807) is 12.4 Å². The monoisotopic (exact) mass is 247 g/mol. The number of hydrogen-bond acceptors (Lipinski definition) is 5. The van der Waals surface area contributed by atoms with E-state index < -0.39 is 15.6 Å². The molecule has 0 bridgehead atoms. The van der Waals surface area contributed by atoms with Gasteiger partial charge in [0.1, 0.15) is 0 Å². The molecule has 10 nitrogen and oxygen atoms in total. The molecule has 0 aromatic carbocycles. The minimum Gasteiger partial charge on any atom is -0.302 e. The summed E-state index contributed by atoms with van der Waals surface area (Å²) in [5, 5.41) is 9.33. The molecule has 1 aromatic rings. The summed E-state index contributed by atoms with van der Waals surface area (Å²) in [6.45, 7) is 0. The third-order valence-corrected chi connectivity index (χ3v) is 2.25. The lowest BCUT2D eigenvalue weighted by Crippen LogP contribution is -1.84. The summed E-state index contributed by atoms with van der Waals surface area (Å²) in [5.41, 5.74) is 0. The van der Waals surface area contributed by atoms with E-state index in [1.807, 2.05) is 0 Å². The van der Waals surface area contributed by atoms with Crippen LogP contribution in [0.15, 0.2) is 12.4 Å². The molecule has 0 spiro atoms. The van der Waals surface area contributed by atoms with Gasteiger partial charge in [-0.05, 0) is 0 Å². The molecule has 1 aromatic heterocycles. The Hall–Kier alpha value is -0.600. The first-order valence-electron chi connectivity index (χ1n) is 2.83. The molecular weight excluding hydrogens is 240 g/mol. The Kier molecular flexibility index (Phi) is 5.09. The largest absolute Gasteiger partial charge is 0.478 e. The molecule has 0 amide bonds. The summed E-state index contributed by atoms with van der Waals surface area (Å²) in [7, 11) is -10.1. The van der Waals surface area contributed by atoms with Crippen LogP contribution in [0.5, 0.6) is 0 Å². The number of phosphoric acid groups is 2. The third kappa shape index (κ3) is 11.4. The van der Waals surface area contributed by atoms with E-state index in [9.17, 15) is 9.13 Å². The van der Waals surface area contributed by atoms with Crippen LogP contribution in [0.25, 0.3) is 0 Å². The molecule has 1 rings (SSSR count). The second kappa shape index (κ2) is 5.32. The van der Waals surface area contributed by atoms with E-state index in [-0.39, 0.29) is 0 Å². The van der Waals surface area contributed by atoms with Crippen LogP contribution in [0.3, 0.4) is 0 Å². The van der Waals surface area contributed by atoms with E-state index in [1.165, 1.54) is 0 Å². The van der Waals surface area contributed by atoms with Crippen molar-refractivity contribution in [2.45, 2.75) is 0 Å². The first-order valence-corrected chi connectivity index (χ1v) is 5.89. The Labute approximate surface area is 77.4 Å². The first-order chi connectivity index (χ1) is 6.21. The lowest BCUT2D eigenvalue weighted by atomic mass is 11.0. The maximum absolute atomic E-state index is 9.63. The summed E-state index contributed by atoms with van der Waals surface area (Å²) in [6.07, 6.45) is 3.17. The molecule has 82 valence electrons. The first kappa shape index (κ1) is 13.4. The van der Waals surface area contributed by atoms with Gasteiger partial charge < -0.3 is 19.6 Å². The molecule has 0 aliphatic rings. The van der Waals surface area contributed by atoms with Gasteiger partial charge in [0.15, 0.2) is 0 Å². The van der Waals surface area contributed by atoms with Crippen molar-refractivity contribution >= 4 is 15.6 Å². The topological polar surface area (TPSA) is 166 Å². The highest BCUT2D eigenvalue weighted by atomic mass is 31.3. The van der Waals surface area contributed by atoms with Gasteiger partial charge in [0.2, 0.25) is 0 Å². The average molecular weight is 247 g/mol. The van der Waals surface area contributed by atoms with Crippen molar-refractivity contribution in [1.82, 2.24) is 15.4 Å². The van der Waals surface area contributed by atoms with Crippen molar-refractivity contribution in [3.8, 4) is 0 Å². The van der Waals surface area contributed by atoms with Gasteiger partial charge in [-0.25, -0.2) is 9.13 Å². The summed E-state index contributed by atoms with van der Waals surface area (Å²) >= 11 is 0.